The molecule has 2 aromatic rings. The van der Waals surface area contributed by atoms with Gasteiger partial charge < -0.3 is 9.64 Å². The number of likely N-dealkylation sites (tertiary alicyclic amines) is 1. The Morgan fingerprint density at radius 1 is 1.24 bits per heavy atom. The molecule has 5 nitrogen and oxygen atoms in total. The van der Waals surface area contributed by atoms with E-state index in [1.54, 1.807) is 7.11 Å². The minimum atomic E-state index is 0.0871. The van der Waals surface area contributed by atoms with Gasteiger partial charge in [-0.1, -0.05) is 12.1 Å². The highest BCUT2D eigenvalue weighted by Crippen LogP contribution is 2.35. The van der Waals surface area contributed by atoms with Gasteiger partial charge in [-0.15, -0.1) is 0 Å². The maximum Gasteiger partial charge on any atom is 0.275 e. The van der Waals surface area contributed by atoms with Gasteiger partial charge in [0.1, 0.15) is 5.75 Å². The molecule has 0 N–H and O–H groups in total. The fraction of sp³-hybridized carbons (Fsp3) is 0.500. The van der Waals surface area contributed by atoms with E-state index in [0.29, 0.717) is 5.69 Å². The lowest BCUT2D eigenvalue weighted by atomic mass is 9.95. The zero-order valence-corrected chi connectivity index (χ0v) is 15.0. The molecule has 2 aliphatic rings. The van der Waals surface area contributed by atoms with Crippen molar-refractivity contribution in [2.45, 2.75) is 44.6 Å². The third-order valence-electron chi connectivity index (χ3n) is 5.56. The predicted octanol–water partition coefficient (Wildman–Crippen LogP) is 3.28. The second kappa shape index (κ2) is 6.54. The van der Waals surface area contributed by atoms with Crippen molar-refractivity contribution in [2.24, 2.45) is 7.05 Å². The predicted molar refractivity (Wildman–Crippen MR) is 95.9 cm³/mol. The van der Waals surface area contributed by atoms with Crippen LogP contribution >= 0.6 is 0 Å². The van der Waals surface area contributed by atoms with Crippen molar-refractivity contribution in [1.82, 2.24) is 14.7 Å². The van der Waals surface area contributed by atoms with Crippen molar-refractivity contribution in [3.8, 4) is 5.75 Å². The molecule has 1 fully saturated rings. The number of ether oxygens (including phenoxy) is 1. The van der Waals surface area contributed by atoms with Gasteiger partial charge in [0.2, 0.25) is 0 Å². The smallest absolute Gasteiger partial charge is 0.275 e. The number of carbonyl (C=O) groups is 1. The molecular weight excluding hydrogens is 314 g/mol. The minimum Gasteiger partial charge on any atom is -0.497 e. The highest BCUT2D eigenvalue weighted by Gasteiger charge is 2.34. The van der Waals surface area contributed by atoms with Crippen LogP contribution in [-0.4, -0.2) is 34.2 Å². The number of amides is 1. The van der Waals surface area contributed by atoms with E-state index in [-0.39, 0.29) is 11.9 Å². The summed E-state index contributed by atoms with van der Waals surface area (Å²) in [7, 11) is 3.64. The topological polar surface area (TPSA) is 47.4 Å². The molecule has 132 valence electrons. The van der Waals surface area contributed by atoms with Crippen molar-refractivity contribution < 1.29 is 9.53 Å². The Morgan fingerprint density at radius 2 is 2.08 bits per heavy atom. The van der Waals surface area contributed by atoms with Crippen LogP contribution in [0.3, 0.4) is 0 Å². The van der Waals surface area contributed by atoms with Crippen LogP contribution in [-0.2, 0) is 19.9 Å². The van der Waals surface area contributed by atoms with Crippen LogP contribution in [0.4, 0.5) is 0 Å². The van der Waals surface area contributed by atoms with Gasteiger partial charge >= 0.3 is 0 Å². The van der Waals surface area contributed by atoms with Crippen molar-refractivity contribution in [3.63, 3.8) is 0 Å². The van der Waals surface area contributed by atoms with Crippen molar-refractivity contribution in [1.29, 1.82) is 0 Å². The lowest BCUT2D eigenvalue weighted by molar-refractivity contribution is 0.0727. The van der Waals surface area contributed by atoms with Gasteiger partial charge in [0.05, 0.1) is 13.2 Å². The summed E-state index contributed by atoms with van der Waals surface area (Å²) in [4.78, 5) is 15.3. The largest absolute Gasteiger partial charge is 0.497 e. The van der Waals surface area contributed by atoms with Crippen molar-refractivity contribution in [2.75, 3.05) is 13.7 Å². The standard InChI is InChI=1S/C20H25N3O2/c1-22-18-10-4-3-9-16(18)19(21-22)20(24)23-12-6-11-17(23)14-7-5-8-15(13-14)25-2/h5,7-8,13,17H,3-4,6,9-12H2,1-2H3. The first-order chi connectivity index (χ1) is 12.2. The molecule has 1 unspecified atom stereocenters. The Morgan fingerprint density at radius 3 is 2.92 bits per heavy atom. The fourth-order valence-corrected chi connectivity index (χ4v) is 4.29. The summed E-state index contributed by atoms with van der Waals surface area (Å²) < 4.78 is 7.27. The number of nitrogens with zero attached hydrogens (tertiary/aromatic N) is 3. The van der Waals surface area contributed by atoms with Gasteiger partial charge in [0.25, 0.3) is 5.91 Å². The van der Waals surface area contributed by atoms with E-state index in [1.165, 1.54) is 17.7 Å². The van der Waals surface area contributed by atoms with Crippen molar-refractivity contribution in [3.05, 3.63) is 46.8 Å². The summed E-state index contributed by atoms with van der Waals surface area (Å²) in [6, 6.07) is 8.19. The van der Waals surface area contributed by atoms with Crippen LogP contribution in [0.15, 0.2) is 24.3 Å². The second-order valence-electron chi connectivity index (χ2n) is 7.04. The average Bonchev–Trinajstić information content (AvgIpc) is 3.27. The fourth-order valence-electron chi connectivity index (χ4n) is 4.29. The highest BCUT2D eigenvalue weighted by molar-refractivity contribution is 5.94. The van der Waals surface area contributed by atoms with Gasteiger partial charge in [-0.2, -0.15) is 5.10 Å². The zero-order chi connectivity index (χ0) is 17.4. The van der Waals surface area contributed by atoms with E-state index < -0.39 is 0 Å². The number of aromatic nitrogens is 2. The van der Waals surface area contributed by atoms with Crippen LogP contribution in [0.5, 0.6) is 5.75 Å². The lowest BCUT2D eigenvalue weighted by Gasteiger charge is -2.25. The van der Waals surface area contributed by atoms with Gasteiger partial charge in [-0.3, -0.25) is 9.48 Å². The number of hydrogen-bond donors (Lipinski definition) is 0. The molecule has 25 heavy (non-hydrogen) atoms. The van der Waals surface area contributed by atoms with Gasteiger partial charge in [-0.05, 0) is 56.2 Å². The lowest BCUT2D eigenvalue weighted by Crippen LogP contribution is -2.31. The molecular formula is C20H25N3O2. The molecule has 2 heterocycles. The first-order valence-electron chi connectivity index (χ1n) is 9.18. The Balaban J connectivity index is 1.65. The van der Waals surface area contributed by atoms with E-state index in [2.05, 4.69) is 11.2 Å². The summed E-state index contributed by atoms with van der Waals surface area (Å²) in [6.45, 7) is 0.798. The quantitative estimate of drug-likeness (QED) is 0.862. The molecule has 0 bridgehead atoms. The first kappa shape index (κ1) is 16.2. The van der Waals surface area contributed by atoms with Gasteiger partial charge in [0.15, 0.2) is 5.69 Å². The highest BCUT2D eigenvalue weighted by atomic mass is 16.5. The molecule has 1 atom stereocenters. The number of methoxy groups -OCH3 is 1. The zero-order valence-electron chi connectivity index (χ0n) is 15.0. The van der Waals surface area contributed by atoms with E-state index in [0.717, 1.165) is 50.0 Å². The van der Waals surface area contributed by atoms with Crippen LogP contribution in [0.1, 0.15) is 59.0 Å². The normalized spacial score (nSPS) is 19.8. The van der Waals surface area contributed by atoms with Gasteiger partial charge in [-0.25, -0.2) is 0 Å². The number of rotatable bonds is 3. The first-order valence-corrected chi connectivity index (χ1v) is 9.18. The Bertz CT molecular complexity index is 796. The van der Waals surface area contributed by atoms with Crippen LogP contribution in [0, 0.1) is 0 Å². The molecule has 1 aliphatic carbocycles. The average molecular weight is 339 g/mol. The molecule has 0 saturated carbocycles. The molecule has 0 radical (unpaired) electrons. The molecule has 1 aromatic heterocycles. The van der Waals surface area contributed by atoms with Gasteiger partial charge in [0, 0.05) is 24.8 Å². The SMILES string of the molecule is COc1cccc(C2CCCN2C(=O)c2nn(C)c3c2CCCC3)c1. The monoisotopic (exact) mass is 339 g/mol. The van der Waals surface area contributed by atoms with Crippen LogP contribution in [0.25, 0.3) is 0 Å². The summed E-state index contributed by atoms with van der Waals surface area (Å²) in [5, 5.41) is 4.60. The van der Waals surface area contributed by atoms with Crippen LogP contribution < -0.4 is 4.74 Å². The summed E-state index contributed by atoms with van der Waals surface area (Å²) in [5.41, 5.74) is 4.24. The molecule has 0 spiro atoms. The minimum absolute atomic E-state index is 0.0871. The maximum atomic E-state index is 13.3. The Labute approximate surface area is 148 Å². The van der Waals surface area contributed by atoms with E-state index in [4.69, 9.17) is 4.74 Å². The molecule has 1 aromatic carbocycles. The van der Waals surface area contributed by atoms with E-state index in [9.17, 15) is 4.79 Å². The number of carbonyl (C=O) groups excluding carboxylic acids is 1. The summed E-state index contributed by atoms with van der Waals surface area (Å²) in [6.07, 6.45) is 6.37. The molecule has 1 saturated heterocycles. The molecule has 1 aliphatic heterocycles. The van der Waals surface area contributed by atoms with Crippen LogP contribution in [0.2, 0.25) is 0 Å². The number of aryl methyl sites for hydroxylation is 1. The number of benzene rings is 1. The Hall–Kier alpha value is -2.30. The number of fused-ring (bicyclic) bond motifs is 1. The van der Waals surface area contributed by atoms with Crippen molar-refractivity contribution >= 4 is 5.91 Å². The third kappa shape index (κ3) is 2.81. The Kier molecular flexibility index (Phi) is 4.24. The number of hydrogen-bond acceptors (Lipinski definition) is 3. The maximum absolute atomic E-state index is 13.3. The summed E-state index contributed by atoms with van der Waals surface area (Å²) in [5.74, 6) is 0.927. The van der Waals surface area contributed by atoms with E-state index in [1.807, 2.05) is 34.8 Å². The van der Waals surface area contributed by atoms with E-state index >= 15 is 0 Å². The molecule has 1 amide bonds. The third-order valence-corrected chi connectivity index (χ3v) is 5.56. The summed E-state index contributed by atoms with van der Waals surface area (Å²) >= 11 is 0. The second-order valence-corrected chi connectivity index (χ2v) is 7.04. The molecule has 4 rings (SSSR count). The molecule has 5 heteroatoms.